The van der Waals surface area contributed by atoms with Crippen molar-refractivity contribution < 1.29 is 14.7 Å². The van der Waals surface area contributed by atoms with Crippen LogP contribution in [0.15, 0.2) is 97.3 Å². The van der Waals surface area contributed by atoms with Gasteiger partial charge in [-0.2, -0.15) is 0 Å². The number of fused-ring (bicyclic) bond motifs is 1. The lowest BCUT2D eigenvalue weighted by Crippen LogP contribution is -2.17. The number of aryl methyl sites for hydroxylation is 1. The number of nitrogens with zero attached hydrogens (tertiary/aromatic N) is 2. The summed E-state index contributed by atoms with van der Waals surface area (Å²) in [6, 6.07) is 27.0. The highest BCUT2D eigenvalue weighted by atomic mass is 16.4. The number of hydrogen-bond acceptors (Lipinski definition) is 4. The molecule has 2 aromatic heterocycles. The smallest absolute Gasteiger partial charge is 0.335 e. The van der Waals surface area contributed by atoms with E-state index in [0.29, 0.717) is 11.3 Å². The molecule has 3 aromatic carbocycles. The number of rotatable bonds is 8. The Balaban J connectivity index is 1.82. The largest absolute Gasteiger partial charge is 0.478 e. The number of aromatic carboxylic acids is 1. The Morgan fingerprint density at radius 2 is 1.64 bits per heavy atom. The van der Waals surface area contributed by atoms with E-state index >= 15 is 0 Å². The highest BCUT2D eigenvalue weighted by Gasteiger charge is 2.25. The maximum atomic E-state index is 12.5. The van der Waals surface area contributed by atoms with Crippen LogP contribution in [-0.2, 0) is 4.79 Å². The Kier molecular flexibility index (Phi) is 6.94. The molecule has 0 aliphatic carbocycles. The van der Waals surface area contributed by atoms with E-state index in [1.807, 2.05) is 66.7 Å². The van der Waals surface area contributed by atoms with Crippen molar-refractivity contribution in [2.45, 2.75) is 32.7 Å². The molecule has 0 spiro atoms. The number of nitrogens with one attached hydrogen (secondary N) is 1. The van der Waals surface area contributed by atoms with Crippen molar-refractivity contribution in [3.05, 3.63) is 125 Å². The van der Waals surface area contributed by atoms with E-state index in [-0.39, 0.29) is 17.4 Å². The summed E-state index contributed by atoms with van der Waals surface area (Å²) in [7, 11) is 0. The lowest BCUT2D eigenvalue weighted by atomic mass is 9.90. The molecule has 0 fully saturated rings. The number of ketones is 1. The zero-order valence-corrected chi connectivity index (χ0v) is 22.1. The minimum atomic E-state index is -0.956. The Hall–Kier alpha value is -4.84. The van der Waals surface area contributed by atoms with Crippen LogP contribution >= 0.6 is 0 Å². The van der Waals surface area contributed by atoms with E-state index in [4.69, 9.17) is 10.4 Å². The second-order valence-corrected chi connectivity index (χ2v) is 9.86. The average molecular weight is 516 g/mol. The zero-order chi connectivity index (χ0) is 27.7. The van der Waals surface area contributed by atoms with Crippen LogP contribution in [0.2, 0.25) is 0 Å². The average Bonchev–Trinajstić information content (AvgIpc) is 3.28. The molecule has 39 heavy (non-hydrogen) atoms. The van der Waals surface area contributed by atoms with Gasteiger partial charge in [-0.1, -0.05) is 60.7 Å². The number of hydrogen-bond donors (Lipinski definition) is 2. The number of carbonyl (C=O) groups is 2. The van der Waals surface area contributed by atoms with Gasteiger partial charge in [0.15, 0.2) is 0 Å². The predicted molar refractivity (Wildman–Crippen MR) is 154 cm³/mol. The van der Waals surface area contributed by atoms with Crippen molar-refractivity contribution in [1.29, 1.82) is 5.41 Å². The summed E-state index contributed by atoms with van der Waals surface area (Å²) in [5.41, 5.74) is 6.66. The molecule has 0 radical (unpaired) electrons. The molecular formula is C33H29N3O3. The molecule has 194 valence electrons. The minimum absolute atomic E-state index is 0.0793. The van der Waals surface area contributed by atoms with Gasteiger partial charge in [0.1, 0.15) is 11.8 Å². The number of pyridine rings is 1. The highest BCUT2D eigenvalue weighted by molar-refractivity contribution is 6.08. The van der Waals surface area contributed by atoms with Crippen LogP contribution < -0.4 is 0 Å². The van der Waals surface area contributed by atoms with Crippen molar-refractivity contribution >= 4 is 28.4 Å². The maximum absolute atomic E-state index is 12.5. The van der Waals surface area contributed by atoms with Crippen LogP contribution in [0.1, 0.15) is 58.5 Å². The first kappa shape index (κ1) is 25.8. The van der Waals surface area contributed by atoms with Crippen LogP contribution in [0.5, 0.6) is 0 Å². The number of benzene rings is 3. The number of carboxylic acids is 1. The predicted octanol–water partition coefficient (Wildman–Crippen LogP) is 7.06. The molecule has 0 amide bonds. The molecule has 2 N–H and O–H groups in total. The van der Waals surface area contributed by atoms with E-state index in [1.54, 1.807) is 26.1 Å². The van der Waals surface area contributed by atoms with E-state index in [0.717, 1.165) is 38.9 Å². The van der Waals surface area contributed by atoms with Crippen LogP contribution in [-0.4, -0.2) is 32.1 Å². The molecule has 2 heterocycles. The highest BCUT2D eigenvalue weighted by Crippen LogP contribution is 2.38. The third-order valence-corrected chi connectivity index (χ3v) is 7.16. The van der Waals surface area contributed by atoms with Gasteiger partial charge in [0.05, 0.1) is 17.2 Å². The van der Waals surface area contributed by atoms with Crippen molar-refractivity contribution in [2.75, 3.05) is 0 Å². The normalized spacial score (nSPS) is 12.7. The van der Waals surface area contributed by atoms with E-state index in [1.165, 1.54) is 6.92 Å². The van der Waals surface area contributed by atoms with Gasteiger partial charge in [0.2, 0.25) is 0 Å². The Morgan fingerprint density at radius 3 is 2.26 bits per heavy atom. The molecule has 0 saturated carbocycles. The van der Waals surface area contributed by atoms with Crippen LogP contribution in [0.3, 0.4) is 0 Å². The molecule has 0 saturated heterocycles. The fourth-order valence-electron chi connectivity index (χ4n) is 5.40. The quantitative estimate of drug-likeness (QED) is 0.216. The first-order valence-electron chi connectivity index (χ1n) is 12.8. The summed E-state index contributed by atoms with van der Waals surface area (Å²) in [5, 5.41) is 18.8. The first-order chi connectivity index (χ1) is 18.8. The molecule has 0 aliphatic rings. The van der Waals surface area contributed by atoms with Gasteiger partial charge in [-0.25, -0.2) is 4.79 Å². The van der Waals surface area contributed by atoms with Crippen LogP contribution in [0, 0.1) is 12.3 Å². The van der Waals surface area contributed by atoms with Gasteiger partial charge < -0.3 is 15.1 Å². The second-order valence-electron chi connectivity index (χ2n) is 9.86. The van der Waals surface area contributed by atoms with E-state index in [9.17, 15) is 14.7 Å². The monoisotopic (exact) mass is 515 g/mol. The number of Topliss-reactive ketones (excluding diaryl/α,β-unsaturated/α-hetero) is 1. The number of carbonyl (C=O) groups excluding carboxylic acids is 1. The van der Waals surface area contributed by atoms with Crippen LogP contribution in [0.4, 0.5) is 0 Å². The maximum Gasteiger partial charge on any atom is 0.335 e. The standard InChI is InChI=1S/C33H29N3O3/c1-20-17-24(12-14-26(20)33(38)39)28-19-36(30-18-25(13-15-27(28)30)31(21(2)34)22(3)37)32(23-9-5-4-6-10-23)29-11-7-8-16-35-29/h4-19,31-32,34H,1-3H3,(H,38,39). The number of aromatic nitrogens is 2. The van der Waals surface area contributed by atoms with Crippen molar-refractivity contribution in [1.82, 2.24) is 9.55 Å². The molecule has 2 unspecified atom stereocenters. The SMILES string of the molecule is CC(=N)C(C(C)=O)c1ccc2c(-c3ccc(C(=O)O)c(C)c3)cn(C(c3ccccc3)c3ccccn3)c2c1. The number of carboxylic acid groups (broad SMARTS) is 1. The Morgan fingerprint density at radius 1 is 0.897 bits per heavy atom. The van der Waals surface area contributed by atoms with Gasteiger partial charge in [-0.05, 0) is 67.3 Å². The third kappa shape index (κ3) is 4.89. The first-order valence-corrected chi connectivity index (χ1v) is 12.8. The Labute approximate surface area is 227 Å². The summed E-state index contributed by atoms with van der Waals surface area (Å²) >= 11 is 0. The molecule has 6 heteroatoms. The van der Waals surface area contributed by atoms with Gasteiger partial charge in [0.25, 0.3) is 0 Å². The third-order valence-electron chi connectivity index (χ3n) is 7.16. The van der Waals surface area contributed by atoms with Crippen molar-refractivity contribution in [3.63, 3.8) is 0 Å². The second kappa shape index (κ2) is 10.5. The molecule has 2 atom stereocenters. The molecule has 0 bridgehead atoms. The topological polar surface area (TPSA) is 96.0 Å². The lowest BCUT2D eigenvalue weighted by molar-refractivity contribution is -0.117. The van der Waals surface area contributed by atoms with Crippen molar-refractivity contribution in [3.8, 4) is 11.1 Å². The fraction of sp³-hybridized carbons (Fsp3) is 0.152. The molecule has 6 nitrogen and oxygen atoms in total. The molecular weight excluding hydrogens is 486 g/mol. The minimum Gasteiger partial charge on any atom is -0.478 e. The van der Waals surface area contributed by atoms with Gasteiger partial charge >= 0.3 is 5.97 Å². The fourth-order valence-corrected chi connectivity index (χ4v) is 5.40. The summed E-state index contributed by atoms with van der Waals surface area (Å²) in [6.07, 6.45) is 3.86. The summed E-state index contributed by atoms with van der Waals surface area (Å²) in [4.78, 5) is 28.9. The summed E-state index contributed by atoms with van der Waals surface area (Å²) in [5.74, 6) is -1.66. The van der Waals surface area contributed by atoms with E-state index < -0.39 is 11.9 Å². The Bertz CT molecular complexity index is 1650. The molecule has 5 aromatic rings. The van der Waals surface area contributed by atoms with Crippen molar-refractivity contribution in [2.24, 2.45) is 0 Å². The lowest BCUT2D eigenvalue weighted by Gasteiger charge is -2.21. The summed E-state index contributed by atoms with van der Waals surface area (Å²) < 4.78 is 2.17. The van der Waals surface area contributed by atoms with Gasteiger partial charge in [0, 0.05) is 34.6 Å². The van der Waals surface area contributed by atoms with Gasteiger partial charge in [-0.3, -0.25) is 9.78 Å². The van der Waals surface area contributed by atoms with E-state index in [2.05, 4.69) is 22.9 Å². The van der Waals surface area contributed by atoms with Gasteiger partial charge in [-0.15, -0.1) is 0 Å². The van der Waals surface area contributed by atoms with Crippen LogP contribution in [0.25, 0.3) is 22.0 Å². The summed E-state index contributed by atoms with van der Waals surface area (Å²) in [6.45, 7) is 4.98. The molecule has 5 rings (SSSR count). The molecule has 0 aliphatic heterocycles. The zero-order valence-electron chi connectivity index (χ0n) is 22.1.